The summed E-state index contributed by atoms with van der Waals surface area (Å²) in [7, 11) is 1.47. The van der Waals surface area contributed by atoms with E-state index in [2.05, 4.69) is 0 Å². The molecular formula is C17H14O4. The zero-order valence-electron chi connectivity index (χ0n) is 11.7. The Morgan fingerprint density at radius 3 is 2.57 bits per heavy atom. The largest absolute Gasteiger partial charge is 0.504 e. The molecule has 3 rings (SSSR count). The first kappa shape index (κ1) is 13.2. The molecule has 4 nitrogen and oxygen atoms in total. The maximum Gasteiger partial charge on any atom is 0.344 e. The van der Waals surface area contributed by atoms with Gasteiger partial charge in [-0.05, 0) is 30.2 Å². The predicted molar refractivity (Wildman–Crippen MR) is 80.9 cm³/mol. The first-order valence-electron chi connectivity index (χ1n) is 6.51. The molecule has 21 heavy (non-hydrogen) atoms. The lowest BCUT2D eigenvalue weighted by Crippen LogP contribution is -2.03. The Morgan fingerprint density at radius 2 is 1.86 bits per heavy atom. The van der Waals surface area contributed by atoms with E-state index in [4.69, 9.17) is 9.15 Å². The van der Waals surface area contributed by atoms with Crippen LogP contribution in [0.2, 0.25) is 0 Å². The highest BCUT2D eigenvalue weighted by Crippen LogP contribution is 2.32. The fourth-order valence-electron chi connectivity index (χ4n) is 2.36. The highest BCUT2D eigenvalue weighted by Gasteiger charge is 2.12. The molecule has 4 heteroatoms. The summed E-state index contributed by atoms with van der Waals surface area (Å²) in [5.74, 6) is 0.281. The molecule has 1 aromatic heterocycles. The molecule has 0 unspecified atom stereocenters. The standard InChI is InChI=1S/C17H14O4/c1-10-5-3-4-6-12(10)13-7-11-8-16(20-2)14(18)9-15(11)21-17(13)19/h3-9,18H,1-2H3. The minimum absolute atomic E-state index is 0.0585. The Hall–Kier alpha value is -2.75. The highest BCUT2D eigenvalue weighted by molar-refractivity contribution is 5.85. The summed E-state index contributed by atoms with van der Waals surface area (Å²) in [6.45, 7) is 1.94. The third kappa shape index (κ3) is 2.25. The van der Waals surface area contributed by atoms with Crippen LogP contribution in [0.4, 0.5) is 0 Å². The van der Waals surface area contributed by atoms with Gasteiger partial charge in [0.2, 0.25) is 0 Å². The molecule has 0 saturated carbocycles. The zero-order valence-corrected chi connectivity index (χ0v) is 11.7. The van der Waals surface area contributed by atoms with Gasteiger partial charge in [0.15, 0.2) is 11.5 Å². The molecule has 0 radical (unpaired) electrons. The maximum absolute atomic E-state index is 12.2. The minimum atomic E-state index is -0.429. The summed E-state index contributed by atoms with van der Waals surface area (Å²) < 4.78 is 10.4. The lowest BCUT2D eigenvalue weighted by Gasteiger charge is -2.08. The van der Waals surface area contributed by atoms with Crippen molar-refractivity contribution in [2.24, 2.45) is 0 Å². The Balaban J connectivity index is 2.30. The second-order valence-electron chi connectivity index (χ2n) is 4.82. The van der Waals surface area contributed by atoms with Gasteiger partial charge >= 0.3 is 5.63 Å². The van der Waals surface area contributed by atoms with E-state index in [9.17, 15) is 9.90 Å². The lowest BCUT2D eigenvalue weighted by molar-refractivity contribution is 0.373. The highest BCUT2D eigenvalue weighted by atomic mass is 16.5. The minimum Gasteiger partial charge on any atom is -0.504 e. The summed E-state index contributed by atoms with van der Waals surface area (Å²) in [6, 6.07) is 12.4. The first-order valence-corrected chi connectivity index (χ1v) is 6.51. The SMILES string of the molecule is COc1cc2cc(-c3ccccc3C)c(=O)oc2cc1O. The van der Waals surface area contributed by atoms with Crippen LogP contribution in [0.3, 0.4) is 0 Å². The van der Waals surface area contributed by atoms with Gasteiger partial charge in [0.25, 0.3) is 0 Å². The summed E-state index contributed by atoms with van der Waals surface area (Å²) >= 11 is 0. The van der Waals surface area contributed by atoms with Gasteiger partial charge in [-0.2, -0.15) is 0 Å². The van der Waals surface area contributed by atoms with Crippen LogP contribution in [0.25, 0.3) is 22.1 Å². The third-order valence-electron chi connectivity index (χ3n) is 3.47. The number of aromatic hydroxyl groups is 1. The molecule has 106 valence electrons. The Labute approximate surface area is 121 Å². The molecule has 0 bridgehead atoms. The summed E-state index contributed by atoms with van der Waals surface area (Å²) in [6.07, 6.45) is 0. The van der Waals surface area contributed by atoms with Gasteiger partial charge in [-0.3, -0.25) is 0 Å². The van der Waals surface area contributed by atoms with E-state index in [1.807, 2.05) is 31.2 Å². The quantitative estimate of drug-likeness (QED) is 0.731. The Morgan fingerprint density at radius 1 is 1.10 bits per heavy atom. The number of phenolic OH excluding ortho intramolecular Hbond substituents is 1. The molecule has 2 aromatic carbocycles. The fraction of sp³-hybridized carbons (Fsp3) is 0.118. The van der Waals surface area contributed by atoms with Crippen molar-refractivity contribution >= 4 is 11.0 Å². The lowest BCUT2D eigenvalue weighted by atomic mass is 10.0. The van der Waals surface area contributed by atoms with Gasteiger partial charge in [-0.25, -0.2) is 4.79 Å². The molecule has 1 heterocycles. The van der Waals surface area contributed by atoms with Gasteiger partial charge in [0.05, 0.1) is 12.7 Å². The van der Waals surface area contributed by atoms with Crippen LogP contribution in [0.1, 0.15) is 5.56 Å². The molecule has 1 N–H and O–H groups in total. The van der Waals surface area contributed by atoms with E-state index in [0.717, 1.165) is 11.1 Å². The summed E-state index contributed by atoms with van der Waals surface area (Å²) in [5, 5.41) is 10.4. The Bertz CT molecular complexity index is 878. The van der Waals surface area contributed by atoms with Gasteiger partial charge in [0.1, 0.15) is 5.58 Å². The van der Waals surface area contributed by atoms with Crippen LogP contribution in [0.5, 0.6) is 11.5 Å². The summed E-state index contributed by atoms with van der Waals surface area (Å²) in [5.41, 5.74) is 2.22. The number of fused-ring (bicyclic) bond motifs is 1. The van der Waals surface area contributed by atoms with Crippen LogP contribution in [-0.4, -0.2) is 12.2 Å². The molecule has 0 amide bonds. The van der Waals surface area contributed by atoms with Crippen LogP contribution in [0.15, 0.2) is 51.7 Å². The van der Waals surface area contributed by atoms with E-state index >= 15 is 0 Å². The van der Waals surface area contributed by atoms with E-state index in [1.165, 1.54) is 13.2 Å². The van der Waals surface area contributed by atoms with Gasteiger partial charge in [0, 0.05) is 11.5 Å². The van der Waals surface area contributed by atoms with Crippen molar-refractivity contribution in [3.8, 4) is 22.6 Å². The predicted octanol–water partition coefficient (Wildman–Crippen LogP) is 3.48. The normalized spacial score (nSPS) is 10.8. The second kappa shape index (κ2) is 4.98. The van der Waals surface area contributed by atoms with Crippen LogP contribution < -0.4 is 10.4 Å². The van der Waals surface area contributed by atoms with E-state index < -0.39 is 5.63 Å². The number of aryl methyl sites for hydroxylation is 1. The van der Waals surface area contributed by atoms with Crippen molar-refractivity contribution in [3.63, 3.8) is 0 Å². The fourth-order valence-corrected chi connectivity index (χ4v) is 2.36. The Kier molecular flexibility index (Phi) is 3.14. The average Bonchev–Trinajstić information content (AvgIpc) is 2.47. The molecule has 0 fully saturated rings. The number of hydrogen-bond donors (Lipinski definition) is 1. The van der Waals surface area contributed by atoms with Gasteiger partial charge < -0.3 is 14.3 Å². The second-order valence-corrected chi connectivity index (χ2v) is 4.82. The zero-order chi connectivity index (χ0) is 15.0. The molecule has 3 aromatic rings. The van der Waals surface area contributed by atoms with Crippen LogP contribution >= 0.6 is 0 Å². The average molecular weight is 282 g/mol. The van der Waals surface area contributed by atoms with Gasteiger partial charge in [-0.1, -0.05) is 24.3 Å². The molecule has 0 aliphatic carbocycles. The third-order valence-corrected chi connectivity index (χ3v) is 3.47. The number of hydrogen-bond acceptors (Lipinski definition) is 4. The first-order chi connectivity index (χ1) is 10.1. The van der Waals surface area contributed by atoms with E-state index in [0.29, 0.717) is 22.3 Å². The van der Waals surface area contributed by atoms with Crippen molar-refractivity contribution < 1.29 is 14.3 Å². The number of methoxy groups -OCH3 is 1. The van der Waals surface area contributed by atoms with Crippen molar-refractivity contribution in [2.45, 2.75) is 6.92 Å². The summed E-state index contributed by atoms with van der Waals surface area (Å²) in [4.78, 5) is 12.2. The molecule has 0 atom stereocenters. The molecule has 0 aliphatic heterocycles. The molecule has 0 saturated heterocycles. The molecule has 0 spiro atoms. The monoisotopic (exact) mass is 282 g/mol. The number of benzene rings is 2. The van der Waals surface area contributed by atoms with Crippen molar-refractivity contribution in [3.05, 3.63) is 58.4 Å². The van der Waals surface area contributed by atoms with E-state index in [1.54, 1.807) is 12.1 Å². The van der Waals surface area contributed by atoms with Crippen molar-refractivity contribution in [1.29, 1.82) is 0 Å². The van der Waals surface area contributed by atoms with Crippen LogP contribution in [0, 0.1) is 6.92 Å². The number of phenols is 1. The smallest absolute Gasteiger partial charge is 0.344 e. The van der Waals surface area contributed by atoms with Crippen molar-refractivity contribution in [1.82, 2.24) is 0 Å². The maximum atomic E-state index is 12.2. The number of ether oxygens (including phenoxy) is 1. The van der Waals surface area contributed by atoms with Crippen molar-refractivity contribution in [2.75, 3.05) is 7.11 Å². The van der Waals surface area contributed by atoms with Gasteiger partial charge in [-0.15, -0.1) is 0 Å². The molecular weight excluding hydrogens is 268 g/mol. The number of rotatable bonds is 2. The van der Waals surface area contributed by atoms with Crippen LogP contribution in [-0.2, 0) is 0 Å². The molecule has 0 aliphatic rings. The topological polar surface area (TPSA) is 59.7 Å². The van der Waals surface area contributed by atoms with E-state index in [-0.39, 0.29) is 5.75 Å².